The van der Waals surface area contributed by atoms with Gasteiger partial charge in [-0.15, -0.1) is 11.8 Å². The number of nitrogens with zero attached hydrogens (tertiary/aromatic N) is 2. The van der Waals surface area contributed by atoms with Gasteiger partial charge in [0, 0.05) is 23.8 Å². The minimum absolute atomic E-state index is 0.0178. The number of benzene rings is 2. The molecule has 1 fully saturated rings. The minimum Gasteiger partial charge on any atom is -0.315 e. The average Bonchev–Trinajstić information content (AvgIpc) is 3.19. The SMILES string of the molecule is CC(C)C(=O)N1CCS[C@]12C(=O)N(Cc1cccc(F)c1)c1ccccc12. The highest BCUT2D eigenvalue weighted by Crippen LogP contribution is 2.54. The lowest BCUT2D eigenvalue weighted by atomic mass is 10.0. The first-order valence-corrected chi connectivity index (χ1v) is 10.0. The number of carbonyl (C=O) groups is 2. The maximum Gasteiger partial charge on any atom is 0.268 e. The number of halogens is 1. The van der Waals surface area contributed by atoms with Crippen LogP contribution in [0.2, 0.25) is 0 Å². The Bertz CT molecular complexity index is 917. The molecular weight excluding hydrogens is 363 g/mol. The summed E-state index contributed by atoms with van der Waals surface area (Å²) in [5.41, 5.74) is 2.37. The number of para-hydroxylation sites is 1. The van der Waals surface area contributed by atoms with Gasteiger partial charge in [0.15, 0.2) is 4.87 Å². The fourth-order valence-corrected chi connectivity index (χ4v) is 5.34. The first kappa shape index (κ1) is 18.0. The van der Waals surface area contributed by atoms with Crippen LogP contribution < -0.4 is 4.90 Å². The van der Waals surface area contributed by atoms with Crippen LogP contribution in [0, 0.1) is 11.7 Å². The van der Waals surface area contributed by atoms with Crippen LogP contribution in [0.15, 0.2) is 48.5 Å². The van der Waals surface area contributed by atoms with Crippen molar-refractivity contribution in [2.24, 2.45) is 5.92 Å². The Labute approximate surface area is 162 Å². The number of hydrogen-bond acceptors (Lipinski definition) is 3. The van der Waals surface area contributed by atoms with Crippen molar-refractivity contribution < 1.29 is 14.0 Å². The molecule has 1 atom stereocenters. The zero-order valence-electron chi connectivity index (χ0n) is 15.3. The van der Waals surface area contributed by atoms with E-state index in [1.165, 1.54) is 23.9 Å². The van der Waals surface area contributed by atoms with E-state index in [2.05, 4.69) is 0 Å². The zero-order valence-corrected chi connectivity index (χ0v) is 16.1. The maximum absolute atomic E-state index is 13.6. The van der Waals surface area contributed by atoms with Crippen molar-refractivity contribution in [3.63, 3.8) is 0 Å². The lowest BCUT2D eigenvalue weighted by molar-refractivity contribution is -0.142. The molecule has 2 heterocycles. The number of hydrogen-bond donors (Lipinski definition) is 0. The Morgan fingerprint density at radius 2 is 2.00 bits per heavy atom. The molecule has 2 aromatic rings. The second-order valence-corrected chi connectivity index (χ2v) is 8.46. The van der Waals surface area contributed by atoms with Crippen molar-refractivity contribution in [1.82, 2.24) is 4.90 Å². The molecule has 0 bridgehead atoms. The summed E-state index contributed by atoms with van der Waals surface area (Å²) in [6.07, 6.45) is 0. The van der Waals surface area contributed by atoms with Gasteiger partial charge in [-0.3, -0.25) is 9.59 Å². The van der Waals surface area contributed by atoms with Gasteiger partial charge in [0.25, 0.3) is 5.91 Å². The predicted molar refractivity (Wildman–Crippen MR) is 105 cm³/mol. The Morgan fingerprint density at radius 3 is 2.74 bits per heavy atom. The Morgan fingerprint density at radius 1 is 1.22 bits per heavy atom. The second-order valence-electron chi connectivity index (χ2n) is 7.18. The van der Waals surface area contributed by atoms with Gasteiger partial charge in [0.2, 0.25) is 5.91 Å². The molecule has 0 aliphatic carbocycles. The minimum atomic E-state index is -1.01. The molecule has 2 aromatic carbocycles. The molecule has 0 unspecified atom stereocenters. The predicted octanol–water partition coefficient (Wildman–Crippen LogP) is 3.76. The van der Waals surface area contributed by atoms with Gasteiger partial charge in [0.05, 0.1) is 12.2 Å². The fraction of sp³-hybridized carbons (Fsp3) is 0.333. The molecule has 6 heteroatoms. The molecule has 2 aliphatic heterocycles. The summed E-state index contributed by atoms with van der Waals surface area (Å²) in [6.45, 7) is 4.54. The summed E-state index contributed by atoms with van der Waals surface area (Å²) < 4.78 is 13.6. The average molecular weight is 384 g/mol. The van der Waals surface area contributed by atoms with E-state index < -0.39 is 4.87 Å². The van der Waals surface area contributed by atoms with Crippen molar-refractivity contribution in [2.45, 2.75) is 25.3 Å². The third kappa shape index (κ3) is 2.74. The van der Waals surface area contributed by atoms with Crippen molar-refractivity contribution in [2.75, 3.05) is 17.2 Å². The molecule has 140 valence electrons. The van der Waals surface area contributed by atoms with Crippen LogP contribution in [-0.4, -0.2) is 29.0 Å². The van der Waals surface area contributed by atoms with Crippen molar-refractivity contribution in [3.8, 4) is 0 Å². The topological polar surface area (TPSA) is 40.6 Å². The molecule has 1 saturated heterocycles. The number of thioether (sulfide) groups is 1. The maximum atomic E-state index is 13.6. The van der Waals surface area contributed by atoms with Crippen LogP contribution in [0.25, 0.3) is 0 Å². The van der Waals surface area contributed by atoms with Crippen molar-refractivity contribution >= 4 is 29.3 Å². The summed E-state index contributed by atoms with van der Waals surface area (Å²) in [7, 11) is 0. The lowest BCUT2D eigenvalue weighted by Crippen LogP contribution is -2.51. The molecular formula is C21H21FN2O2S. The van der Waals surface area contributed by atoms with Crippen LogP contribution in [0.5, 0.6) is 0 Å². The molecule has 0 saturated carbocycles. The van der Waals surface area contributed by atoms with E-state index in [1.807, 2.05) is 44.2 Å². The summed E-state index contributed by atoms with van der Waals surface area (Å²) in [5, 5.41) is 0. The highest BCUT2D eigenvalue weighted by atomic mass is 32.2. The summed E-state index contributed by atoms with van der Waals surface area (Å²) in [6, 6.07) is 13.9. The van der Waals surface area contributed by atoms with Crippen LogP contribution in [0.3, 0.4) is 0 Å². The van der Waals surface area contributed by atoms with Gasteiger partial charge in [-0.05, 0) is 23.8 Å². The van der Waals surface area contributed by atoms with E-state index in [0.717, 1.165) is 16.8 Å². The van der Waals surface area contributed by atoms with E-state index in [9.17, 15) is 14.0 Å². The zero-order chi connectivity index (χ0) is 19.2. The second kappa shape index (κ2) is 6.68. The number of rotatable bonds is 3. The smallest absolute Gasteiger partial charge is 0.268 e. The van der Waals surface area contributed by atoms with E-state index in [4.69, 9.17) is 0 Å². The molecule has 2 aliphatic rings. The van der Waals surface area contributed by atoms with Crippen molar-refractivity contribution in [1.29, 1.82) is 0 Å². The molecule has 1 spiro atoms. The van der Waals surface area contributed by atoms with E-state index in [0.29, 0.717) is 12.3 Å². The lowest BCUT2D eigenvalue weighted by Gasteiger charge is -2.34. The number of fused-ring (bicyclic) bond motifs is 2. The van der Waals surface area contributed by atoms with E-state index in [-0.39, 0.29) is 30.1 Å². The van der Waals surface area contributed by atoms with Crippen LogP contribution in [-0.2, 0) is 21.0 Å². The Kier molecular flexibility index (Phi) is 4.46. The van der Waals surface area contributed by atoms with Gasteiger partial charge in [0.1, 0.15) is 5.82 Å². The monoisotopic (exact) mass is 384 g/mol. The van der Waals surface area contributed by atoms with Gasteiger partial charge in [-0.2, -0.15) is 0 Å². The first-order chi connectivity index (χ1) is 12.9. The third-order valence-corrected chi connectivity index (χ3v) is 6.51. The Balaban J connectivity index is 1.79. The summed E-state index contributed by atoms with van der Waals surface area (Å²) in [5.74, 6) is 0.0683. The first-order valence-electron chi connectivity index (χ1n) is 9.06. The van der Waals surface area contributed by atoms with Gasteiger partial charge >= 0.3 is 0 Å². The number of carbonyl (C=O) groups excluding carboxylic acids is 2. The van der Waals surface area contributed by atoms with Crippen LogP contribution >= 0.6 is 11.8 Å². The van der Waals surface area contributed by atoms with Gasteiger partial charge < -0.3 is 9.80 Å². The highest BCUT2D eigenvalue weighted by Gasteiger charge is 2.59. The number of amides is 2. The van der Waals surface area contributed by atoms with Gasteiger partial charge in [-0.25, -0.2) is 4.39 Å². The third-order valence-electron chi connectivity index (χ3n) is 5.09. The van der Waals surface area contributed by atoms with Crippen molar-refractivity contribution in [3.05, 3.63) is 65.5 Å². The van der Waals surface area contributed by atoms with Crippen LogP contribution in [0.1, 0.15) is 25.0 Å². The van der Waals surface area contributed by atoms with Gasteiger partial charge in [-0.1, -0.05) is 44.2 Å². The summed E-state index contributed by atoms with van der Waals surface area (Å²) >= 11 is 1.51. The molecule has 0 radical (unpaired) electrons. The quantitative estimate of drug-likeness (QED) is 0.809. The standard InChI is InChI=1S/C21H21FN2O2S/c1-14(2)19(25)24-10-11-27-21(24)17-8-3-4-9-18(17)23(20(21)26)13-15-6-5-7-16(22)12-15/h3-9,12,14H,10-11,13H2,1-2H3/t21-/m1/s1. The van der Waals surface area contributed by atoms with E-state index >= 15 is 0 Å². The molecule has 0 aromatic heterocycles. The largest absolute Gasteiger partial charge is 0.315 e. The molecule has 27 heavy (non-hydrogen) atoms. The molecule has 2 amide bonds. The molecule has 4 nitrogen and oxygen atoms in total. The molecule has 4 rings (SSSR count). The summed E-state index contributed by atoms with van der Waals surface area (Å²) in [4.78, 5) is 28.9. The Hall–Kier alpha value is -2.34. The van der Waals surface area contributed by atoms with Crippen LogP contribution in [0.4, 0.5) is 10.1 Å². The normalized spacial score (nSPS) is 21.4. The van der Waals surface area contributed by atoms with E-state index in [1.54, 1.807) is 15.9 Å². The number of anilines is 1. The fourth-order valence-electron chi connectivity index (χ4n) is 3.88. The molecule has 0 N–H and O–H groups in total. The highest BCUT2D eigenvalue weighted by molar-refractivity contribution is 8.01.